The molecule has 0 saturated carbocycles. The topological polar surface area (TPSA) is 30.5 Å². The van der Waals surface area contributed by atoms with Gasteiger partial charge in [-0.05, 0) is 43.5 Å². The summed E-state index contributed by atoms with van der Waals surface area (Å²) >= 11 is 0. The van der Waals surface area contributed by atoms with E-state index in [1.54, 1.807) is 0 Å². The van der Waals surface area contributed by atoms with Gasteiger partial charge in [0, 0.05) is 13.2 Å². The summed E-state index contributed by atoms with van der Waals surface area (Å²) in [6.07, 6.45) is 5.03. The SMILES string of the molecule is CCCCNCc1cccc(OCC2CCCO2)c1. The van der Waals surface area contributed by atoms with Crippen molar-refractivity contribution in [3.8, 4) is 5.75 Å². The Kier molecular flexibility index (Phi) is 6.18. The number of ether oxygens (including phenoxy) is 2. The molecular weight excluding hydrogens is 238 g/mol. The van der Waals surface area contributed by atoms with Crippen LogP contribution >= 0.6 is 0 Å². The molecule has 3 nitrogen and oxygen atoms in total. The molecule has 0 bridgehead atoms. The highest BCUT2D eigenvalue weighted by Crippen LogP contribution is 2.17. The van der Waals surface area contributed by atoms with E-state index in [9.17, 15) is 0 Å². The second kappa shape index (κ2) is 8.18. The van der Waals surface area contributed by atoms with Crippen molar-refractivity contribution in [2.24, 2.45) is 0 Å². The molecule has 2 rings (SSSR count). The van der Waals surface area contributed by atoms with Crippen molar-refractivity contribution in [1.29, 1.82) is 0 Å². The van der Waals surface area contributed by atoms with E-state index in [1.807, 2.05) is 6.07 Å². The van der Waals surface area contributed by atoms with Gasteiger partial charge in [0.2, 0.25) is 0 Å². The molecular formula is C16H25NO2. The third-order valence-electron chi connectivity index (χ3n) is 3.39. The first-order valence-electron chi connectivity index (χ1n) is 7.42. The molecule has 1 aliphatic rings. The monoisotopic (exact) mass is 263 g/mol. The van der Waals surface area contributed by atoms with Gasteiger partial charge >= 0.3 is 0 Å². The maximum absolute atomic E-state index is 5.81. The van der Waals surface area contributed by atoms with Crippen LogP contribution in [0.4, 0.5) is 0 Å². The molecule has 1 fully saturated rings. The normalized spacial score (nSPS) is 18.7. The zero-order valence-corrected chi connectivity index (χ0v) is 11.9. The van der Waals surface area contributed by atoms with Crippen molar-refractivity contribution >= 4 is 0 Å². The predicted molar refractivity (Wildman–Crippen MR) is 77.5 cm³/mol. The summed E-state index contributed by atoms with van der Waals surface area (Å²) in [7, 11) is 0. The second-order valence-electron chi connectivity index (χ2n) is 5.12. The fourth-order valence-corrected chi connectivity index (χ4v) is 2.24. The maximum atomic E-state index is 5.81. The van der Waals surface area contributed by atoms with Crippen molar-refractivity contribution in [3.63, 3.8) is 0 Å². The van der Waals surface area contributed by atoms with Gasteiger partial charge in [0.05, 0.1) is 6.10 Å². The van der Waals surface area contributed by atoms with Crippen LogP contribution in [0.15, 0.2) is 24.3 Å². The van der Waals surface area contributed by atoms with Gasteiger partial charge in [-0.2, -0.15) is 0 Å². The second-order valence-corrected chi connectivity index (χ2v) is 5.12. The van der Waals surface area contributed by atoms with Crippen LogP contribution in [-0.2, 0) is 11.3 Å². The van der Waals surface area contributed by atoms with Crippen molar-refractivity contribution in [2.75, 3.05) is 19.8 Å². The summed E-state index contributed by atoms with van der Waals surface area (Å²) in [6.45, 7) is 5.76. The van der Waals surface area contributed by atoms with E-state index in [2.05, 4.69) is 30.4 Å². The molecule has 1 heterocycles. The Hall–Kier alpha value is -1.06. The molecule has 19 heavy (non-hydrogen) atoms. The number of hydrogen-bond donors (Lipinski definition) is 1. The Labute approximate surface area is 116 Å². The molecule has 3 heteroatoms. The first-order chi connectivity index (χ1) is 9.38. The van der Waals surface area contributed by atoms with E-state index in [4.69, 9.17) is 9.47 Å². The average Bonchev–Trinajstić information content (AvgIpc) is 2.95. The van der Waals surface area contributed by atoms with Gasteiger partial charge in [0.1, 0.15) is 12.4 Å². The molecule has 0 aliphatic carbocycles. The fraction of sp³-hybridized carbons (Fsp3) is 0.625. The van der Waals surface area contributed by atoms with Crippen molar-refractivity contribution < 1.29 is 9.47 Å². The van der Waals surface area contributed by atoms with E-state index >= 15 is 0 Å². The summed E-state index contributed by atoms with van der Waals surface area (Å²) in [4.78, 5) is 0. The molecule has 0 amide bonds. The maximum Gasteiger partial charge on any atom is 0.119 e. The van der Waals surface area contributed by atoms with Gasteiger partial charge in [-0.1, -0.05) is 25.5 Å². The summed E-state index contributed by atoms with van der Waals surface area (Å²) in [5.74, 6) is 0.949. The van der Waals surface area contributed by atoms with Gasteiger partial charge < -0.3 is 14.8 Å². The zero-order chi connectivity index (χ0) is 13.3. The summed E-state index contributed by atoms with van der Waals surface area (Å²) in [5, 5.41) is 3.45. The number of hydrogen-bond acceptors (Lipinski definition) is 3. The van der Waals surface area contributed by atoms with Gasteiger partial charge in [-0.15, -0.1) is 0 Å². The Balaban J connectivity index is 1.74. The highest BCUT2D eigenvalue weighted by molar-refractivity contribution is 5.28. The number of benzene rings is 1. The summed E-state index contributed by atoms with van der Waals surface area (Å²) in [6, 6.07) is 8.33. The van der Waals surface area contributed by atoms with Crippen LogP contribution in [0.2, 0.25) is 0 Å². The predicted octanol–water partition coefficient (Wildman–Crippen LogP) is 3.13. The number of nitrogens with one attached hydrogen (secondary N) is 1. The van der Waals surface area contributed by atoms with Crippen molar-refractivity contribution in [1.82, 2.24) is 5.32 Å². The van der Waals surface area contributed by atoms with E-state index in [0.717, 1.165) is 38.3 Å². The highest BCUT2D eigenvalue weighted by Gasteiger charge is 2.15. The Bertz CT molecular complexity index is 362. The molecule has 1 aromatic carbocycles. The Morgan fingerprint density at radius 1 is 1.42 bits per heavy atom. The van der Waals surface area contributed by atoms with E-state index in [1.165, 1.54) is 18.4 Å². The lowest BCUT2D eigenvalue weighted by molar-refractivity contribution is 0.0679. The van der Waals surface area contributed by atoms with Crippen LogP contribution in [0.25, 0.3) is 0 Å². The van der Waals surface area contributed by atoms with Crippen LogP contribution in [0.5, 0.6) is 5.75 Å². The molecule has 1 aromatic rings. The average molecular weight is 263 g/mol. The molecule has 106 valence electrons. The lowest BCUT2D eigenvalue weighted by atomic mass is 10.2. The summed E-state index contributed by atoms with van der Waals surface area (Å²) in [5.41, 5.74) is 1.28. The standard InChI is InChI=1S/C16H25NO2/c1-2-3-9-17-12-14-6-4-7-15(11-14)19-13-16-8-5-10-18-16/h4,6-7,11,16-17H,2-3,5,8-10,12-13H2,1H3. The molecule has 0 radical (unpaired) electrons. The zero-order valence-electron chi connectivity index (χ0n) is 11.9. The van der Waals surface area contributed by atoms with Crippen molar-refractivity contribution in [3.05, 3.63) is 29.8 Å². The third-order valence-corrected chi connectivity index (χ3v) is 3.39. The van der Waals surface area contributed by atoms with E-state index in [-0.39, 0.29) is 6.10 Å². The number of unbranched alkanes of at least 4 members (excludes halogenated alkanes) is 1. The minimum absolute atomic E-state index is 0.284. The van der Waals surface area contributed by atoms with Gasteiger partial charge in [-0.3, -0.25) is 0 Å². The first kappa shape index (κ1) is 14.4. The molecule has 1 N–H and O–H groups in total. The fourth-order valence-electron chi connectivity index (χ4n) is 2.24. The summed E-state index contributed by atoms with van der Waals surface area (Å²) < 4.78 is 11.4. The van der Waals surface area contributed by atoms with Crippen LogP contribution in [0, 0.1) is 0 Å². The Morgan fingerprint density at radius 2 is 2.37 bits per heavy atom. The largest absolute Gasteiger partial charge is 0.491 e. The van der Waals surface area contributed by atoms with Crippen LogP contribution in [0.3, 0.4) is 0 Å². The van der Waals surface area contributed by atoms with Crippen LogP contribution < -0.4 is 10.1 Å². The minimum atomic E-state index is 0.284. The molecule has 0 spiro atoms. The highest BCUT2D eigenvalue weighted by atomic mass is 16.5. The molecule has 1 saturated heterocycles. The molecule has 0 aromatic heterocycles. The smallest absolute Gasteiger partial charge is 0.119 e. The minimum Gasteiger partial charge on any atom is -0.491 e. The van der Waals surface area contributed by atoms with Gasteiger partial charge in [-0.25, -0.2) is 0 Å². The van der Waals surface area contributed by atoms with E-state index < -0.39 is 0 Å². The third kappa shape index (κ3) is 5.21. The van der Waals surface area contributed by atoms with E-state index in [0.29, 0.717) is 6.61 Å². The van der Waals surface area contributed by atoms with Gasteiger partial charge in [0.15, 0.2) is 0 Å². The van der Waals surface area contributed by atoms with Gasteiger partial charge in [0.25, 0.3) is 0 Å². The molecule has 1 aliphatic heterocycles. The van der Waals surface area contributed by atoms with Crippen LogP contribution in [0.1, 0.15) is 38.2 Å². The molecule has 1 atom stereocenters. The Morgan fingerprint density at radius 3 is 3.16 bits per heavy atom. The lowest BCUT2D eigenvalue weighted by Gasteiger charge is -2.12. The molecule has 1 unspecified atom stereocenters. The van der Waals surface area contributed by atoms with Crippen LogP contribution in [-0.4, -0.2) is 25.9 Å². The number of rotatable bonds is 8. The lowest BCUT2D eigenvalue weighted by Crippen LogP contribution is -2.17. The quantitative estimate of drug-likeness (QED) is 0.731. The first-order valence-corrected chi connectivity index (χ1v) is 7.42. The van der Waals surface area contributed by atoms with Crippen molar-refractivity contribution in [2.45, 2.75) is 45.3 Å².